The Morgan fingerprint density at radius 3 is 2.47 bits per heavy atom. The van der Waals surface area contributed by atoms with Crippen LogP contribution < -0.4 is 0 Å². The van der Waals surface area contributed by atoms with E-state index in [0.29, 0.717) is 12.0 Å². The molecule has 0 heterocycles. The summed E-state index contributed by atoms with van der Waals surface area (Å²) in [5, 5.41) is 9.83. The Labute approximate surface area is 98.3 Å². The van der Waals surface area contributed by atoms with Crippen molar-refractivity contribution in [1.29, 1.82) is 0 Å². The molecule has 1 aromatic rings. The summed E-state index contributed by atoms with van der Waals surface area (Å²) in [5.74, 6) is -0.147. The Kier molecular flexibility index (Phi) is 3.43. The lowest BCUT2D eigenvalue weighted by Gasteiger charge is -2.28. The van der Waals surface area contributed by atoms with Crippen molar-refractivity contribution in [3.05, 3.63) is 35.4 Å². The molecule has 2 rings (SSSR count). The number of hydrogen-bond donors (Lipinski definition) is 1. The van der Waals surface area contributed by atoms with Crippen LogP contribution in [0.5, 0.6) is 0 Å². The standard InChI is InChI=1S/C13H15F3O/c14-13(15,16)10-5-3-4-9(8-10)11-6-1-2-7-12(11)17/h3-5,8,11-12,17H,1-2,6-7H2. The summed E-state index contributed by atoms with van der Waals surface area (Å²) < 4.78 is 37.7. The fourth-order valence-electron chi connectivity index (χ4n) is 2.45. The third-order valence-electron chi connectivity index (χ3n) is 3.37. The van der Waals surface area contributed by atoms with Crippen LogP contribution in [0.1, 0.15) is 42.7 Å². The first-order valence-electron chi connectivity index (χ1n) is 5.84. The molecule has 0 bridgehead atoms. The summed E-state index contributed by atoms with van der Waals surface area (Å²) in [6.45, 7) is 0. The van der Waals surface area contributed by atoms with Gasteiger partial charge >= 0.3 is 6.18 Å². The van der Waals surface area contributed by atoms with E-state index in [1.807, 2.05) is 0 Å². The Balaban J connectivity index is 2.26. The molecule has 4 heteroatoms. The molecule has 0 spiro atoms. The van der Waals surface area contributed by atoms with Crippen LogP contribution >= 0.6 is 0 Å². The van der Waals surface area contributed by atoms with Crippen molar-refractivity contribution in [2.45, 2.75) is 43.9 Å². The molecule has 17 heavy (non-hydrogen) atoms. The second kappa shape index (κ2) is 4.69. The highest BCUT2D eigenvalue weighted by molar-refractivity contribution is 5.29. The van der Waals surface area contributed by atoms with Crippen molar-refractivity contribution in [2.24, 2.45) is 0 Å². The summed E-state index contributed by atoms with van der Waals surface area (Å²) in [5.41, 5.74) is -0.0280. The van der Waals surface area contributed by atoms with E-state index in [1.54, 1.807) is 6.07 Å². The summed E-state index contributed by atoms with van der Waals surface area (Å²) in [6, 6.07) is 5.33. The second-order valence-electron chi connectivity index (χ2n) is 4.58. The molecule has 0 aromatic heterocycles. The van der Waals surface area contributed by atoms with Gasteiger partial charge in [-0.1, -0.05) is 31.0 Å². The normalized spacial score (nSPS) is 25.9. The molecule has 0 amide bonds. The third kappa shape index (κ3) is 2.80. The van der Waals surface area contributed by atoms with Crippen molar-refractivity contribution >= 4 is 0 Å². The lowest BCUT2D eigenvalue weighted by Crippen LogP contribution is -2.22. The molecular formula is C13H15F3O. The van der Waals surface area contributed by atoms with Crippen molar-refractivity contribution in [2.75, 3.05) is 0 Å². The van der Waals surface area contributed by atoms with Crippen molar-refractivity contribution in [1.82, 2.24) is 0 Å². The maximum absolute atomic E-state index is 12.6. The van der Waals surface area contributed by atoms with Crippen LogP contribution in [-0.4, -0.2) is 11.2 Å². The first-order chi connectivity index (χ1) is 7.98. The minimum Gasteiger partial charge on any atom is -0.392 e. The Morgan fingerprint density at radius 2 is 1.82 bits per heavy atom. The smallest absolute Gasteiger partial charge is 0.392 e. The molecule has 1 fully saturated rings. The lowest BCUT2D eigenvalue weighted by atomic mass is 9.81. The van der Waals surface area contributed by atoms with Gasteiger partial charge in [0, 0.05) is 5.92 Å². The van der Waals surface area contributed by atoms with Gasteiger partial charge in [-0.15, -0.1) is 0 Å². The number of halogens is 3. The van der Waals surface area contributed by atoms with Gasteiger partial charge in [0.05, 0.1) is 11.7 Å². The van der Waals surface area contributed by atoms with E-state index >= 15 is 0 Å². The number of hydrogen-bond acceptors (Lipinski definition) is 1. The van der Waals surface area contributed by atoms with Crippen LogP contribution in [0.4, 0.5) is 13.2 Å². The average Bonchev–Trinajstić information content (AvgIpc) is 2.29. The van der Waals surface area contributed by atoms with Crippen LogP contribution in [0.25, 0.3) is 0 Å². The summed E-state index contributed by atoms with van der Waals surface area (Å²) >= 11 is 0. The van der Waals surface area contributed by atoms with Gasteiger partial charge in [-0.3, -0.25) is 0 Å². The van der Waals surface area contributed by atoms with Gasteiger partial charge < -0.3 is 5.11 Å². The number of aliphatic hydroxyl groups excluding tert-OH is 1. The van der Waals surface area contributed by atoms with Crippen LogP contribution in [0, 0.1) is 0 Å². The minimum absolute atomic E-state index is 0.147. The highest BCUT2D eigenvalue weighted by atomic mass is 19.4. The minimum atomic E-state index is -4.31. The Bertz CT molecular complexity index is 386. The fraction of sp³-hybridized carbons (Fsp3) is 0.538. The SMILES string of the molecule is OC1CCCCC1c1cccc(C(F)(F)F)c1. The topological polar surface area (TPSA) is 20.2 Å². The molecule has 1 N–H and O–H groups in total. The number of benzene rings is 1. The highest BCUT2D eigenvalue weighted by Crippen LogP contribution is 2.36. The van der Waals surface area contributed by atoms with Crippen LogP contribution in [-0.2, 0) is 6.18 Å². The molecule has 0 saturated heterocycles. The largest absolute Gasteiger partial charge is 0.416 e. The van der Waals surface area contributed by atoms with Crippen molar-refractivity contribution < 1.29 is 18.3 Å². The quantitative estimate of drug-likeness (QED) is 0.798. The number of rotatable bonds is 1. The van der Waals surface area contributed by atoms with E-state index in [0.717, 1.165) is 25.3 Å². The van der Waals surface area contributed by atoms with E-state index in [-0.39, 0.29) is 5.92 Å². The molecule has 1 nitrogen and oxygen atoms in total. The van der Waals surface area contributed by atoms with E-state index in [9.17, 15) is 18.3 Å². The van der Waals surface area contributed by atoms with E-state index in [2.05, 4.69) is 0 Å². The molecule has 1 saturated carbocycles. The third-order valence-corrected chi connectivity index (χ3v) is 3.37. The maximum atomic E-state index is 12.6. The van der Waals surface area contributed by atoms with Crippen LogP contribution in [0.2, 0.25) is 0 Å². The predicted molar refractivity (Wildman–Crippen MR) is 58.7 cm³/mol. The van der Waals surface area contributed by atoms with E-state index in [1.165, 1.54) is 12.1 Å². The molecule has 2 unspecified atom stereocenters. The predicted octanol–water partition coefficient (Wildman–Crippen LogP) is 3.72. The van der Waals surface area contributed by atoms with Gasteiger partial charge in [0.2, 0.25) is 0 Å². The molecule has 0 radical (unpaired) electrons. The van der Waals surface area contributed by atoms with E-state index < -0.39 is 17.8 Å². The molecule has 1 aliphatic carbocycles. The highest BCUT2D eigenvalue weighted by Gasteiger charge is 2.32. The first-order valence-corrected chi connectivity index (χ1v) is 5.84. The summed E-state index contributed by atoms with van der Waals surface area (Å²) in [4.78, 5) is 0. The molecule has 1 aromatic carbocycles. The maximum Gasteiger partial charge on any atom is 0.416 e. The second-order valence-corrected chi connectivity index (χ2v) is 4.58. The zero-order valence-corrected chi connectivity index (χ0v) is 9.37. The van der Waals surface area contributed by atoms with Gasteiger partial charge in [-0.05, 0) is 24.5 Å². The van der Waals surface area contributed by atoms with Gasteiger partial charge in [-0.2, -0.15) is 13.2 Å². The van der Waals surface area contributed by atoms with Gasteiger partial charge in [-0.25, -0.2) is 0 Å². The van der Waals surface area contributed by atoms with E-state index in [4.69, 9.17) is 0 Å². The van der Waals surface area contributed by atoms with Gasteiger partial charge in [0.25, 0.3) is 0 Å². The van der Waals surface area contributed by atoms with Crippen molar-refractivity contribution in [3.63, 3.8) is 0 Å². The molecule has 1 aliphatic rings. The average molecular weight is 244 g/mol. The number of alkyl halides is 3. The molecule has 94 valence electrons. The van der Waals surface area contributed by atoms with Crippen molar-refractivity contribution in [3.8, 4) is 0 Å². The van der Waals surface area contributed by atoms with Gasteiger partial charge in [0.15, 0.2) is 0 Å². The molecule has 0 aliphatic heterocycles. The first kappa shape index (κ1) is 12.4. The van der Waals surface area contributed by atoms with Gasteiger partial charge in [0.1, 0.15) is 0 Å². The fourth-order valence-corrected chi connectivity index (χ4v) is 2.45. The molecular weight excluding hydrogens is 229 g/mol. The van der Waals surface area contributed by atoms with Crippen LogP contribution in [0.15, 0.2) is 24.3 Å². The monoisotopic (exact) mass is 244 g/mol. The van der Waals surface area contributed by atoms with Crippen LogP contribution in [0.3, 0.4) is 0 Å². The zero-order chi connectivity index (χ0) is 12.5. The number of aliphatic hydroxyl groups is 1. The summed E-state index contributed by atoms with van der Waals surface area (Å²) in [7, 11) is 0. The summed E-state index contributed by atoms with van der Waals surface area (Å²) in [6.07, 6.45) is -1.44. The Morgan fingerprint density at radius 1 is 1.12 bits per heavy atom. The lowest BCUT2D eigenvalue weighted by molar-refractivity contribution is -0.137. The molecule has 2 atom stereocenters. The Hall–Kier alpha value is -1.03. The zero-order valence-electron chi connectivity index (χ0n) is 9.37.